The van der Waals surface area contributed by atoms with Crippen LogP contribution in [-0.4, -0.2) is 59.0 Å². The fourth-order valence-electron chi connectivity index (χ4n) is 3.59. The van der Waals surface area contributed by atoms with E-state index in [1.807, 2.05) is 27.7 Å². The lowest BCUT2D eigenvalue weighted by atomic mass is 9.85. The van der Waals surface area contributed by atoms with Crippen LogP contribution in [0.25, 0.3) is 0 Å². The van der Waals surface area contributed by atoms with Gasteiger partial charge in [0.2, 0.25) is 0 Å². The minimum atomic E-state index is -1.15. The molecule has 1 unspecified atom stereocenters. The van der Waals surface area contributed by atoms with Crippen LogP contribution >= 0.6 is 0 Å². The van der Waals surface area contributed by atoms with Crippen LogP contribution in [0.5, 0.6) is 5.75 Å². The van der Waals surface area contributed by atoms with Crippen molar-refractivity contribution in [1.82, 2.24) is 10.2 Å². The topological polar surface area (TPSA) is 131 Å². The minimum absolute atomic E-state index is 0.000204. The highest BCUT2D eigenvalue weighted by Crippen LogP contribution is 2.31. The Bertz CT molecular complexity index is 776. The van der Waals surface area contributed by atoms with Crippen molar-refractivity contribution >= 4 is 17.7 Å². The summed E-state index contributed by atoms with van der Waals surface area (Å²) in [4.78, 5) is 36.5. The summed E-state index contributed by atoms with van der Waals surface area (Å²) in [5.41, 5.74) is -0.691. The molecule has 166 valence electrons. The molecule has 0 bridgehead atoms. The van der Waals surface area contributed by atoms with Crippen LogP contribution in [0.3, 0.4) is 0 Å². The Morgan fingerprint density at radius 1 is 1.30 bits per heavy atom. The first kappa shape index (κ1) is 23.6. The molecule has 1 heterocycles. The summed E-state index contributed by atoms with van der Waals surface area (Å²) in [6.07, 6.45) is -1.26. The maximum Gasteiger partial charge on any atom is 0.412 e. The van der Waals surface area contributed by atoms with Crippen molar-refractivity contribution in [3.63, 3.8) is 0 Å². The number of likely N-dealkylation sites (tertiary alicyclic amines) is 1. The molecule has 2 rings (SSSR count). The van der Waals surface area contributed by atoms with Crippen molar-refractivity contribution in [3.8, 4) is 5.75 Å². The van der Waals surface area contributed by atoms with E-state index in [-0.39, 0.29) is 17.4 Å². The molecule has 0 aromatic heterocycles. The number of hydrogen-bond donors (Lipinski definition) is 2. The average Bonchev–Trinajstić information content (AvgIpc) is 3.06. The Morgan fingerprint density at radius 3 is 2.40 bits per heavy atom. The molecule has 2 N–H and O–H groups in total. The van der Waals surface area contributed by atoms with Gasteiger partial charge in [0.15, 0.2) is 0 Å². The number of ether oxygens (including phenoxy) is 2. The summed E-state index contributed by atoms with van der Waals surface area (Å²) in [5.74, 6) is -0.303. The normalized spacial score (nSPS) is 21.5. The Balaban J connectivity index is 2.14. The number of aliphatic hydroxyl groups excluding tert-OH is 1. The lowest BCUT2D eigenvalue weighted by molar-refractivity contribution is -0.384. The molecule has 30 heavy (non-hydrogen) atoms. The predicted octanol–water partition coefficient (Wildman–Crippen LogP) is 2.30. The zero-order valence-corrected chi connectivity index (χ0v) is 17.8. The van der Waals surface area contributed by atoms with E-state index in [2.05, 4.69) is 5.32 Å². The van der Waals surface area contributed by atoms with E-state index in [1.54, 1.807) is 4.90 Å². The van der Waals surface area contributed by atoms with Gasteiger partial charge in [-0.3, -0.25) is 19.8 Å². The van der Waals surface area contributed by atoms with Crippen LogP contribution in [0.1, 0.15) is 34.1 Å². The van der Waals surface area contributed by atoms with Gasteiger partial charge in [-0.1, -0.05) is 27.7 Å². The highest BCUT2D eigenvalue weighted by Gasteiger charge is 2.45. The molecular weight excluding hydrogens is 394 g/mol. The Morgan fingerprint density at radius 2 is 1.90 bits per heavy atom. The Labute approximate surface area is 175 Å². The first-order valence-electron chi connectivity index (χ1n) is 9.70. The number of amides is 1. The zero-order chi connectivity index (χ0) is 22.6. The number of aliphatic hydroxyl groups is 1. The Hall–Kier alpha value is -2.72. The third-order valence-electron chi connectivity index (χ3n) is 5.28. The molecule has 10 heteroatoms. The van der Waals surface area contributed by atoms with Crippen LogP contribution in [0.4, 0.5) is 10.5 Å². The number of carbonyl (C=O) groups is 2. The third-order valence-corrected chi connectivity index (χ3v) is 5.28. The van der Waals surface area contributed by atoms with Gasteiger partial charge in [0.1, 0.15) is 18.0 Å². The van der Waals surface area contributed by atoms with Gasteiger partial charge < -0.3 is 19.9 Å². The average molecular weight is 423 g/mol. The van der Waals surface area contributed by atoms with Gasteiger partial charge in [0.25, 0.3) is 5.69 Å². The number of hydrogen-bond acceptors (Lipinski definition) is 8. The van der Waals surface area contributed by atoms with Crippen LogP contribution < -0.4 is 10.1 Å². The SMILES string of the molecule is COC(=O)[C@@H]1[C@@H](C)CCN1C(O)[C@@H](NC(=O)Oc1ccc([N+](=O)[O-])cc1)C(C)(C)C. The largest absolute Gasteiger partial charge is 0.468 e. The number of methoxy groups -OCH3 is 1. The zero-order valence-electron chi connectivity index (χ0n) is 17.8. The molecular formula is C20H29N3O7. The van der Waals surface area contributed by atoms with E-state index < -0.39 is 40.7 Å². The van der Waals surface area contributed by atoms with Crippen LogP contribution in [-0.2, 0) is 9.53 Å². The molecule has 0 radical (unpaired) electrons. The summed E-state index contributed by atoms with van der Waals surface area (Å²) in [7, 11) is 1.30. The number of esters is 1. The number of carbonyl (C=O) groups excluding carboxylic acids is 2. The van der Waals surface area contributed by atoms with E-state index in [9.17, 15) is 24.8 Å². The van der Waals surface area contributed by atoms with Gasteiger partial charge in [-0.05, 0) is 29.9 Å². The van der Waals surface area contributed by atoms with Crippen molar-refractivity contribution in [3.05, 3.63) is 34.4 Å². The van der Waals surface area contributed by atoms with E-state index in [1.165, 1.54) is 31.4 Å². The molecule has 1 aromatic rings. The second-order valence-electron chi connectivity index (χ2n) is 8.51. The maximum atomic E-state index is 12.5. The van der Waals surface area contributed by atoms with Crippen molar-refractivity contribution in [1.29, 1.82) is 0 Å². The molecule has 0 aliphatic carbocycles. The number of nitro groups is 1. The predicted molar refractivity (Wildman–Crippen MR) is 108 cm³/mol. The number of benzene rings is 1. The lowest BCUT2D eigenvalue weighted by Gasteiger charge is -2.40. The van der Waals surface area contributed by atoms with Gasteiger partial charge in [0, 0.05) is 18.7 Å². The smallest absolute Gasteiger partial charge is 0.412 e. The molecule has 1 amide bonds. The van der Waals surface area contributed by atoms with Crippen LogP contribution in [0.15, 0.2) is 24.3 Å². The fraction of sp³-hybridized carbons (Fsp3) is 0.600. The molecule has 10 nitrogen and oxygen atoms in total. The fourth-order valence-corrected chi connectivity index (χ4v) is 3.59. The summed E-state index contributed by atoms with van der Waals surface area (Å²) in [6, 6.07) is 3.71. The molecule has 1 aliphatic rings. The van der Waals surface area contributed by atoms with Crippen molar-refractivity contribution < 1.29 is 29.1 Å². The van der Waals surface area contributed by atoms with Gasteiger partial charge >= 0.3 is 12.1 Å². The highest BCUT2D eigenvalue weighted by atomic mass is 16.6. The monoisotopic (exact) mass is 423 g/mol. The van der Waals surface area contributed by atoms with Gasteiger partial charge in [-0.15, -0.1) is 0 Å². The lowest BCUT2D eigenvalue weighted by Crippen LogP contribution is -2.60. The number of nitrogens with zero attached hydrogens (tertiary/aromatic N) is 2. The summed E-state index contributed by atoms with van der Waals surface area (Å²) < 4.78 is 10.1. The highest BCUT2D eigenvalue weighted by molar-refractivity contribution is 5.76. The van der Waals surface area contributed by atoms with E-state index >= 15 is 0 Å². The first-order valence-corrected chi connectivity index (χ1v) is 9.70. The minimum Gasteiger partial charge on any atom is -0.468 e. The van der Waals surface area contributed by atoms with Crippen molar-refractivity contribution in [2.24, 2.45) is 11.3 Å². The number of non-ortho nitro benzene ring substituents is 1. The first-order chi connectivity index (χ1) is 14.0. The third kappa shape index (κ3) is 5.45. The van der Waals surface area contributed by atoms with Gasteiger partial charge in [0.05, 0.1) is 18.1 Å². The van der Waals surface area contributed by atoms with Crippen LogP contribution in [0.2, 0.25) is 0 Å². The second-order valence-corrected chi connectivity index (χ2v) is 8.51. The van der Waals surface area contributed by atoms with Crippen molar-refractivity contribution in [2.45, 2.75) is 52.4 Å². The quantitative estimate of drug-likeness (QED) is 0.405. The van der Waals surface area contributed by atoms with E-state index in [4.69, 9.17) is 9.47 Å². The van der Waals surface area contributed by atoms with Gasteiger partial charge in [-0.2, -0.15) is 0 Å². The number of rotatable bonds is 6. The van der Waals surface area contributed by atoms with E-state index in [0.29, 0.717) is 13.0 Å². The maximum absolute atomic E-state index is 12.5. The van der Waals surface area contributed by atoms with E-state index in [0.717, 1.165) is 0 Å². The molecule has 1 aromatic carbocycles. The standard InChI is InChI=1S/C20H29N3O7/c1-12-10-11-22(15(12)18(25)29-5)17(24)16(20(2,3)4)21-19(26)30-14-8-6-13(7-9-14)23(27)28/h6-9,12,15-17,24H,10-11H2,1-5H3,(H,21,26)/t12-,15-,16+,17?/m0/s1. The number of nitrogens with one attached hydrogen (secondary N) is 1. The molecule has 0 spiro atoms. The molecule has 1 saturated heterocycles. The number of nitro benzene ring substituents is 1. The Kier molecular flexibility index (Phi) is 7.38. The summed E-state index contributed by atoms with van der Waals surface area (Å²) >= 11 is 0. The molecule has 1 aliphatic heterocycles. The van der Waals surface area contributed by atoms with Crippen molar-refractivity contribution in [2.75, 3.05) is 13.7 Å². The molecule has 0 saturated carbocycles. The van der Waals surface area contributed by atoms with Gasteiger partial charge in [-0.25, -0.2) is 4.79 Å². The summed E-state index contributed by atoms with van der Waals surface area (Å²) in [5, 5.41) is 24.5. The second kappa shape index (κ2) is 9.40. The molecule has 1 fully saturated rings. The summed E-state index contributed by atoms with van der Waals surface area (Å²) in [6.45, 7) is 7.93. The molecule has 4 atom stereocenters. The van der Waals surface area contributed by atoms with Crippen LogP contribution in [0, 0.1) is 21.4 Å².